The van der Waals surface area contributed by atoms with Gasteiger partial charge in [-0.1, -0.05) is 109 Å². The topological polar surface area (TPSA) is 55.3 Å². The molecule has 0 saturated heterocycles. The summed E-state index contributed by atoms with van der Waals surface area (Å²) < 4.78 is 12.2. The number of rotatable bonds is 6. The molecule has 5 nitrogen and oxygen atoms in total. The fraction of sp³-hybridized carbons (Fsp3) is 0. The summed E-state index contributed by atoms with van der Waals surface area (Å²) in [5.41, 5.74) is 11.7. The van der Waals surface area contributed by atoms with Crippen LogP contribution in [0.1, 0.15) is 0 Å². The maximum absolute atomic E-state index is 6.13. The third-order valence-electron chi connectivity index (χ3n) is 11.5. The molecule has 0 aliphatic carbocycles. The predicted octanol–water partition coefficient (Wildman–Crippen LogP) is 15.1. The molecular formula is C54H33N3O2. The van der Waals surface area contributed by atoms with Gasteiger partial charge in [0.25, 0.3) is 0 Å². The predicted molar refractivity (Wildman–Crippen MR) is 243 cm³/mol. The number of para-hydroxylation sites is 3. The van der Waals surface area contributed by atoms with Crippen molar-refractivity contribution in [1.29, 1.82) is 0 Å². The second-order valence-electron chi connectivity index (χ2n) is 15.0. The lowest BCUT2D eigenvalue weighted by Crippen LogP contribution is -2.09. The van der Waals surface area contributed by atoms with Crippen molar-refractivity contribution in [2.75, 3.05) is 4.90 Å². The molecule has 3 aromatic heterocycles. The summed E-state index contributed by atoms with van der Waals surface area (Å²) in [4.78, 5) is 11.6. The number of oxazole rings is 1. The molecule has 0 spiro atoms. The minimum Gasteiger partial charge on any atom is -0.438 e. The van der Waals surface area contributed by atoms with Gasteiger partial charge in [0.1, 0.15) is 11.1 Å². The Morgan fingerprint density at radius 1 is 0.390 bits per heavy atom. The molecule has 59 heavy (non-hydrogen) atoms. The van der Waals surface area contributed by atoms with Crippen LogP contribution in [-0.2, 0) is 0 Å². The zero-order chi connectivity index (χ0) is 38.9. The van der Waals surface area contributed by atoms with Crippen molar-refractivity contribution in [3.8, 4) is 33.7 Å². The Morgan fingerprint density at radius 2 is 0.983 bits per heavy atom. The number of pyridine rings is 1. The first-order chi connectivity index (χ1) is 29.2. The Morgan fingerprint density at radius 3 is 1.78 bits per heavy atom. The number of furan rings is 1. The van der Waals surface area contributed by atoms with Crippen LogP contribution in [0.2, 0.25) is 0 Å². The van der Waals surface area contributed by atoms with E-state index >= 15 is 0 Å². The van der Waals surface area contributed by atoms with Crippen molar-refractivity contribution < 1.29 is 8.83 Å². The van der Waals surface area contributed by atoms with Crippen LogP contribution >= 0.6 is 0 Å². The van der Waals surface area contributed by atoms with Gasteiger partial charge < -0.3 is 13.7 Å². The van der Waals surface area contributed by atoms with Crippen LogP contribution in [0.3, 0.4) is 0 Å². The highest BCUT2D eigenvalue weighted by Gasteiger charge is 2.18. The Kier molecular flexibility index (Phi) is 7.47. The van der Waals surface area contributed by atoms with E-state index in [0.29, 0.717) is 11.6 Å². The number of hydrogen-bond acceptors (Lipinski definition) is 5. The molecule has 12 rings (SSSR count). The van der Waals surface area contributed by atoms with Gasteiger partial charge in [0, 0.05) is 34.2 Å². The molecule has 12 aromatic rings. The van der Waals surface area contributed by atoms with Crippen LogP contribution in [0.25, 0.3) is 99.2 Å². The molecule has 0 radical (unpaired) electrons. The van der Waals surface area contributed by atoms with E-state index in [2.05, 4.69) is 162 Å². The summed E-state index contributed by atoms with van der Waals surface area (Å²) in [5.74, 6) is 0.602. The SMILES string of the molecule is c1ccc2cc(-c3ccc4c(ccc5cc(N(c6ccc(-c7nc8ccccc8o7)cc6)c6ccc(-c7ccnc8oc9ccccc9c78)cc6)ccc54)c3)ccc2c1. The molecule has 0 aliphatic heterocycles. The van der Waals surface area contributed by atoms with Gasteiger partial charge in [-0.3, -0.25) is 0 Å². The zero-order valence-electron chi connectivity index (χ0n) is 31.7. The summed E-state index contributed by atoms with van der Waals surface area (Å²) in [6, 6.07) is 68.6. The summed E-state index contributed by atoms with van der Waals surface area (Å²) >= 11 is 0. The molecule has 0 N–H and O–H groups in total. The van der Waals surface area contributed by atoms with Crippen LogP contribution in [0, 0.1) is 0 Å². The molecule has 276 valence electrons. The number of benzene rings is 9. The van der Waals surface area contributed by atoms with E-state index in [-0.39, 0.29) is 0 Å². The highest BCUT2D eigenvalue weighted by molar-refractivity contribution is 6.12. The van der Waals surface area contributed by atoms with Crippen LogP contribution in [-0.4, -0.2) is 9.97 Å². The standard InChI is InChI=1S/C54H33N3O2/c1-2-8-37-31-38(14-13-34(37)7-1)39-21-27-45-40(32-39)15-16-41-33-44(26-28-46(41)45)57(43-24-19-36(20-25-43)53-56-49-10-4-6-12-51(49)59-53)42-22-17-35(18-23-42)47-29-30-55-54-52(47)48-9-3-5-11-50(48)58-54/h1-33H. The molecule has 0 bridgehead atoms. The number of aromatic nitrogens is 2. The van der Waals surface area contributed by atoms with Gasteiger partial charge in [-0.05, 0) is 140 Å². The third-order valence-corrected chi connectivity index (χ3v) is 11.5. The van der Waals surface area contributed by atoms with Gasteiger partial charge in [0.15, 0.2) is 5.58 Å². The molecule has 0 atom stereocenters. The quantitative estimate of drug-likeness (QED) is 0.158. The van der Waals surface area contributed by atoms with Gasteiger partial charge >= 0.3 is 0 Å². The minimum absolute atomic E-state index is 0.602. The van der Waals surface area contributed by atoms with E-state index in [0.717, 1.165) is 61.2 Å². The molecule has 0 saturated carbocycles. The number of nitrogens with zero attached hydrogens (tertiary/aromatic N) is 3. The van der Waals surface area contributed by atoms with E-state index in [9.17, 15) is 0 Å². The van der Waals surface area contributed by atoms with Gasteiger partial charge in [-0.25, -0.2) is 9.97 Å². The summed E-state index contributed by atoms with van der Waals surface area (Å²) in [7, 11) is 0. The van der Waals surface area contributed by atoms with Crippen molar-refractivity contribution in [3.63, 3.8) is 0 Å². The Balaban J connectivity index is 0.950. The first kappa shape index (κ1) is 33.2. The number of fused-ring (bicyclic) bond motifs is 8. The first-order valence-electron chi connectivity index (χ1n) is 19.8. The van der Waals surface area contributed by atoms with E-state index in [1.165, 1.54) is 43.4 Å². The molecule has 0 unspecified atom stereocenters. The van der Waals surface area contributed by atoms with E-state index < -0.39 is 0 Å². The maximum atomic E-state index is 6.13. The normalized spacial score (nSPS) is 11.7. The smallest absolute Gasteiger partial charge is 0.227 e. The van der Waals surface area contributed by atoms with Crippen molar-refractivity contribution in [1.82, 2.24) is 9.97 Å². The van der Waals surface area contributed by atoms with E-state index in [1.54, 1.807) is 0 Å². The molecule has 0 fully saturated rings. The van der Waals surface area contributed by atoms with Gasteiger partial charge in [-0.15, -0.1) is 0 Å². The van der Waals surface area contributed by atoms with Gasteiger partial charge in [-0.2, -0.15) is 0 Å². The maximum Gasteiger partial charge on any atom is 0.227 e. The fourth-order valence-electron chi connectivity index (χ4n) is 8.62. The molecule has 3 heterocycles. The highest BCUT2D eigenvalue weighted by atomic mass is 16.3. The number of anilines is 3. The Labute approximate surface area is 339 Å². The van der Waals surface area contributed by atoms with Gasteiger partial charge in [0.2, 0.25) is 11.6 Å². The summed E-state index contributed by atoms with van der Waals surface area (Å²) in [5, 5.41) is 9.41. The average molecular weight is 756 g/mol. The van der Waals surface area contributed by atoms with Crippen molar-refractivity contribution in [2.24, 2.45) is 0 Å². The summed E-state index contributed by atoms with van der Waals surface area (Å²) in [6.45, 7) is 0. The lowest BCUT2D eigenvalue weighted by atomic mass is 9.96. The van der Waals surface area contributed by atoms with Crippen LogP contribution in [0.5, 0.6) is 0 Å². The molecular weight excluding hydrogens is 723 g/mol. The van der Waals surface area contributed by atoms with Crippen LogP contribution in [0.4, 0.5) is 17.1 Å². The molecule has 0 amide bonds. The zero-order valence-corrected chi connectivity index (χ0v) is 31.7. The van der Waals surface area contributed by atoms with Crippen LogP contribution < -0.4 is 4.90 Å². The van der Waals surface area contributed by atoms with E-state index in [4.69, 9.17) is 13.8 Å². The Bertz CT molecular complexity index is 3530. The monoisotopic (exact) mass is 755 g/mol. The van der Waals surface area contributed by atoms with Crippen molar-refractivity contribution in [3.05, 3.63) is 200 Å². The highest BCUT2D eigenvalue weighted by Crippen LogP contribution is 2.41. The second-order valence-corrected chi connectivity index (χ2v) is 15.0. The fourth-order valence-corrected chi connectivity index (χ4v) is 8.62. The molecule has 0 aliphatic rings. The number of hydrogen-bond donors (Lipinski definition) is 0. The third kappa shape index (κ3) is 5.63. The summed E-state index contributed by atoms with van der Waals surface area (Å²) in [6.07, 6.45) is 1.82. The average Bonchev–Trinajstić information content (AvgIpc) is 3.91. The minimum atomic E-state index is 0.602. The Hall–Kier alpha value is -8.02. The van der Waals surface area contributed by atoms with Crippen molar-refractivity contribution in [2.45, 2.75) is 0 Å². The van der Waals surface area contributed by atoms with Crippen LogP contribution in [0.15, 0.2) is 209 Å². The lowest BCUT2D eigenvalue weighted by Gasteiger charge is -2.26. The van der Waals surface area contributed by atoms with Gasteiger partial charge in [0.05, 0.1) is 5.39 Å². The largest absolute Gasteiger partial charge is 0.438 e. The van der Waals surface area contributed by atoms with Crippen molar-refractivity contribution >= 4 is 82.5 Å². The molecule has 5 heteroatoms. The van der Waals surface area contributed by atoms with E-state index in [1.807, 2.05) is 48.7 Å². The first-order valence-corrected chi connectivity index (χ1v) is 19.8. The molecule has 9 aromatic carbocycles. The lowest BCUT2D eigenvalue weighted by molar-refractivity contribution is 0.620. The second kappa shape index (κ2) is 13.3.